The smallest absolute Gasteiger partial charge is 0.191 e. The minimum absolute atomic E-state index is 0.0802. The second-order valence-electron chi connectivity index (χ2n) is 7.31. The van der Waals surface area contributed by atoms with Crippen LogP contribution in [0.4, 0.5) is 0 Å². The zero-order chi connectivity index (χ0) is 18.2. The van der Waals surface area contributed by atoms with Gasteiger partial charge in [0.25, 0.3) is 0 Å². The highest BCUT2D eigenvalue weighted by molar-refractivity contribution is 5.79. The summed E-state index contributed by atoms with van der Waals surface area (Å²) >= 11 is 0. The zero-order valence-corrected chi connectivity index (χ0v) is 16.3. The standard InChI is InChI=1S/C19H34N4O/c1-19(2,3)17(24-7)14-22-18(20-4)21-13-16(23(5)6)15-11-9-8-10-12-15/h8-12,16-17H,13-14H2,1-7H3,(H2,20,21,22). The van der Waals surface area contributed by atoms with Gasteiger partial charge in [-0.1, -0.05) is 51.1 Å². The lowest BCUT2D eigenvalue weighted by molar-refractivity contribution is 0.0205. The van der Waals surface area contributed by atoms with Crippen molar-refractivity contribution in [3.05, 3.63) is 35.9 Å². The SMILES string of the molecule is CN=C(NCC(c1ccccc1)N(C)C)NCC(OC)C(C)(C)C. The molecule has 136 valence electrons. The van der Waals surface area contributed by atoms with Crippen LogP contribution < -0.4 is 10.6 Å². The van der Waals surface area contributed by atoms with Gasteiger partial charge < -0.3 is 20.3 Å². The Morgan fingerprint density at radius 1 is 1.12 bits per heavy atom. The number of hydrogen-bond acceptors (Lipinski definition) is 3. The van der Waals surface area contributed by atoms with E-state index in [2.05, 4.69) is 79.7 Å². The third kappa shape index (κ3) is 6.49. The quantitative estimate of drug-likeness (QED) is 0.594. The van der Waals surface area contributed by atoms with E-state index in [1.54, 1.807) is 14.2 Å². The number of aliphatic imine (C=N–C) groups is 1. The lowest BCUT2D eigenvalue weighted by Gasteiger charge is -2.30. The molecule has 5 nitrogen and oxygen atoms in total. The van der Waals surface area contributed by atoms with Crippen molar-refractivity contribution in [3.8, 4) is 0 Å². The molecule has 0 amide bonds. The van der Waals surface area contributed by atoms with Crippen LogP contribution in [0.5, 0.6) is 0 Å². The predicted octanol–water partition coefficient (Wildman–Crippen LogP) is 2.52. The van der Waals surface area contributed by atoms with Crippen molar-refractivity contribution in [1.29, 1.82) is 0 Å². The van der Waals surface area contributed by atoms with Crippen LogP contribution in [0.3, 0.4) is 0 Å². The summed E-state index contributed by atoms with van der Waals surface area (Å²) in [6, 6.07) is 10.8. The molecule has 0 saturated heterocycles. The second-order valence-corrected chi connectivity index (χ2v) is 7.31. The summed E-state index contributed by atoms with van der Waals surface area (Å²) in [7, 11) is 7.73. The van der Waals surface area contributed by atoms with E-state index >= 15 is 0 Å². The predicted molar refractivity (Wildman–Crippen MR) is 102 cm³/mol. The highest BCUT2D eigenvalue weighted by Gasteiger charge is 2.24. The fraction of sp³-hybridized carbons (Fsp3) is 0.632. The Labute approximate surface area is 147 Å². The van der Waals surface area contributed by atoms with Gasteiger partial charge in [0.15, 0.2) is 5.96 Å². The van der Waals surface area contributed by atoms with Crippen molar-refractivity contribution in [2.45, 2.75) is 32.9 Å². The fourth-order valence-corrected chi connectivity index (χ4v) is 2.62. The lowest BCUT2D eigenvalue weighted by Crippen LogP contribution is -2.47. The maximum Gasteiger partial charge on any atom is 0.191 e. The summed E-state index contributed by atoms with van der Waals surface area (Å²) in [6.07, 6.45) is 0.120. The van der Waals surface area contributed by atoms with Crippen LogP contribution in [0.15, 0.2) is 35.3 Å². The van der Waals surface area contributed by atoms with Gasteiger partial charge in [-0.25, -0.2) is 0 Å². The third-order valence-electron chi connectivity index (χ3n) is 4.20. The summed E-state index contributed by atoms with van der Waals surface area (Å²) in [6.45, 7) is 8.03. The van der Waals surface area contributed by atoms with Gasteiger partial charge in [0.05, 0.1) is 12.1 Å². The molecule has 0 heterocycles. The number of ether oxygens (including phenoxy) is 1. The Kier molecular flexibility index (Phi) is 8.22. The normalized spacial score (nSPS) is 15.2. The maximum absolute atomic E-state index is 5.59. The van der Waals surface area contributed by atoms with Gasteiger partial charge in [0.1, 0.15) is 0 Å². The number of benzene rings is 1. The minimum Gasteiger partial charge on any atom is -0.379 e. The number of nitrogens with zero attached hydrogens (tertiary/aromatic N) is 2. The Balaban J connectivity index is 2.62. The van der Waals surface area contributed by atoms with E-state index in [0.717, 1.165) is 19.0 Å². The highest BCUT2D eigenvalue weighted by Crippen LogP contribution is 2.21. The van der Waals surface area contributed by atoms with Gasteiger partial charge in [-0.3, -0.25) is 4.99 Å². The first-order valence-corrected chi connectivity index (χ1v) is 8.48. The molecule has 1 aromatic carbocycles. The molecule has 0 aromatic heterocycles. The first-order chi connectivity index (χ1) is 11.3. The first kappa shape index (κ1) is 20.5. The average molecular weight is 335 g/mol. The lowest BCUT2D eigenvalue weighted by atomic mass is 9.89. The second kappa shape index (κ2) is 9.64. The average Bonchev–Trinajstić information content (AvgIpc) is 2.53. The molecule has 0 bridgehead atoms. The zero-order valence-electron chi connectivity index (χ0n) is 16.3. The van der Waals surface area contributed by atoms with E-state index in [4.69, 9.17) is 4.74 Å². The number of nitrogens with one attached hydrogen (secondary N) is 2. The summed E-state index contributed by atoms with van der Waals surface area (Å²) < 4.78 is 5.59. The molecule has 0 aliphatic rings. The van der Waals surface area contributed by atoms with Crippen LogP contribution >= 0.6 is 0 Å². The minimum atomic E-state index is 0.0802. The van der Waals surface area contributed by atoms with Gasteiger partial charge in [0.2, 0.25) is 0 Å². The Hall–Kier alpha value is -1.59. The first-order valence-electron chi connectivity index (χ1n) is 8.48. The largest absolute Gasteiger partial charge is 0.379 e. The van der Waals surface area contributed by atoms with Gasteiger partial charge in [-0.2, -0.15) is 0 Å². The number of likely N-dealkylation sites (N-methyl/N-ethyl adjacent to an activating group) is 1. The number of methoxy groups -OCH3 is 1. The summed E-state index contributed by atoms with van der Waals surface area (Å²) in [5, 5.41) is 6.79. The van der Waals surface area contributed by atoms with Gasteiger partial charge in [-0.05, 0) is 25.1 Å². The van der Waals surface area contributed by atoms with Crippen LogP contribution in [-0.4, -0.2) is 58.3 Å². The van der Waals surface area contributed by atoms with Crippen LogP contribution in [0.1, 0.15) is 32.4 Å². The van der Waals surface area contributed by atoms with E-state index in [1.807, 2.05) is 6.07 Å². The molecular weight excluding hydrogens is 300 g/mol. The molecular formula is C19H34N4O. The van der Waals surface area contributed by atoms with E-state index in [9.17, 15) is 0 Å². The molecule has 2 N–H and O–H groups in total. The van der Waals surface area contributed by atoms with Crippen LogP contribution in [0, 0.1) is 5.41 Å². The molecule has 2 unspecified atom stereocenters. The molecule has 2 atom stereocenters. The molecule has 1 rings (SSSR count). The van der Waals surface area contributed by atoms with Gasteiger partial charge >= 0.3 is 0 Å². The van der Waals surface area contributed by atoms with Gasteiger partial charge in [-0.15, -0.1) is 0 Å². The van der Waals surface area contributed by atoms with Crippen molar-refractivity contribution < 1.29 is 4.74 Å². The molecule has 5 heteroatoms. The Morgan fingerprint density at radius 2 is 1.71 bits per heavy atom. The van der Waals surface area contributed by atoms with Crippen LogP contribution in [-0.2, 0) is 4.74 Å². The summed E-state index contributed by atoms with van der Waals surface area (Å²) in [5.74, 6) is 0.795. The molecule has 0 spiro atoms. The van der Waals surface area contributed by atoms with Crippen molar-refractivity contribution in [1.82, 2.24) is 15.5 Å². The molecule has 0 saturated carbocycles. The molecule has 0 aliphatic heterocycles. The van der Waals surface area contributed by atoms with E-state index in [1.165, 1.54) is 5.56 Å². The molecule has 0 fully saturated rings. The maximum atomic E-state index is 5.59. The topological polar surface area (TPSA) is 48.9 Å². The highest BCUT2D eigenvalue weighted by atomic mass is 16.5. The summed E-state index contributed by atoms with van der Waals surface area (Å²) in [4.78, 5) is 6.53. The molecule has 0 aliphatic carbocycles. The van der Waals surface area contributed by atoms with Crippen molar-refractivity contribution >= 4 is 5.96 Å². The number of guanidine groups is 1. The van der Waals surface area contributed by atoms with E-state index < -0.39 is 0 Å². The fourth-order valence-electron chi connectivity index (χ4n) is 2.62. The van der Waals surface area contributed by atoms with Crippen molar-refractivity contribution in [3.63, 3.8) is 0 Å². The third-order valence-corrected chi connectivity index (χ3v) is 4.20. The monoisotopic (exact) mass is 334 g/mol. The number of hydrogen-bond donors (Lipinski definition) is 2. The molecule has 0 radical (unpaired) electrons. The Morgan fingerprint density at radius 3 is 2.17 bits per heavy atom. The van der Waals surface area contributed by atoms with Gasteiger partial charge in [0, 0.05) is 27.2 Å². The summed E-state index contributed by atoms with van der Waals surface area (Å²) in [5.41, 5.74) is 1.37. The van der Waals surface area contributed by atoms with E-state index in [-0.39, 0.29) is 17.6 Å². The van der Waals surface area contributed by atoms with Crippen molar-refractivity contribution in [2.75, 3.05) is 41.3 Å². The Bertz CT molecular complexity index is 494. The van der Waals surface area contributed by atoms with Crippen LogP contribution in [0.2, 0.25) is 0 Å². The number of rotatable bonds is 7. The van der Waals surface area contributed by atoms with Crippen LogP contribution in [0.25, 0.3) is 0 Å². The molecule has 1 aromatic rings. The van der Waals surface area contributed by atoms with Crippen molar-refractivity contribution in [2.24, 2.45) is 10.4 Å². The van der Waals surface area contributed by atoms with E-state index in [0.29, 0.717) is 0 Å². The molecule has 24 heavy (non-hydrogen) atoms.